The maximum atomic E-state index is 12.0. The number of nitrogens with zero attached hydrogens (tertiary/aromatic N) is 3. The number of guanidine groups is 1. The number of aliphatic imine (C=N–C) groups is 1. The lowest BCUT2D eigenvalue weighted by Gasteiger charge is -2.29. The Morgan fingerprint density at radius 1 is 1.19 bits per heavy atom. The van der Waals surface area contributed by atoms with Gasteiger partial charge in [-0.2, -0.15) is 0 Å². The molecule has 1 unspecified atom stereocenters. The van der Waals surface area contributed by atoms with Crippen molar-refractivity contribution in [2.45, 2.75) is 65.5 Å². The van der Waals surface area contributed by atoms with Crippen LogP contribution in [0.4, 0.5) is 4.79 Å². The second-order valence-corrected chi connectivity index (χ2v) is 8.84. The van der Waals surface area contributed by atoms with E-state index >= 15 is 0 Å². The summed E-state index contributed by atoms with van der Waals surface area (Å²) in [6.07, 6.45) is 3.17. The van der Waals surface area contributed by atoms with E-state index in [0.717, 1.165) is 51.0 Å². The normalized spacial score (nSPS) is 22.8. The predicted octanol–water partition coefficient (Wildman–Crippen LogP) is 2.28. The van der Waals surface area contributed by atoms with Crippen molar-refractivity contribution in [3.63, 3.8) is 0 Å². The third kappa shape index (κ3) is 7.95. The van der Waals surface area contributed by atoms with Crippen LogP contribution in [0.5, 0.6) is 0 Å². The largest absolute Gasteiger partial charge is 0.444 e. The first-order valence-electron chi connectivity index (χ1n) is 10.5. The van der Waals surface area contributed by atoms with E-state index in [4.69, 9.17) is 9.73 Å². The molecule has 0 aromatic heterocycles. The van der Waals surface area contributed by atoms with Crippen LogP contribution in [0.3, 0.4) is 0 Å². The Hall–Kier alpha value is -1.50. The lowest BCUT2D eigenvalue weighted by molar-refractivity contribution is 0.0507. The van der Waals surface area contributed by atoms with E-state index < -0.39 is 5.60 Å². The lowest BCUT2D eigenvalue weighted by Crippen LogP contribution is -2.44. The third-order valence-corrected chi connectivity index (χ3v) is 5.10. The minimum atomic E-state index is -0.467. The first kappa shape index (κ1) is 21.8. The molecule has 2 rings (SSSR count). The number of amides is 1. The van der Waals surface area contributed by atoms with Gasteiger partial charge in [-0.15, -0.1) is 0 Å². The van der Waals surface area contributed by atoms with Crippen molar-refractivity contribution in [2.24, 2.45) is 10.9 Å². The molecule has 27 heavy (non-hydrogen) atoms. The molecule has 0 aromatic rings. The molecule has 7 nitrogen and oxygen atoms in total. The summed E-state index contributed by atoms with van der Waals surface area (Å²) >= 11 is 0. The molecule has 2 heterocycles. The van der Waals surface area contributed by atoms with E-state index in [2.05, 4.69) is 34.3 Å². The van der Waals surface area contributed by atoms with Crippen LogP contribution < -0.4 is 10.6 Å². The topological polar surface area (TPSA) is 69.2 Å². The molecule has 2 aliphatic rings. The third-order valence-electron chi connectivity index (χ3n) is 5.10. The van der Waals surface area contributed by atoms with Crippen molar-refractivity contribution in [1.82, 2.24) is 20.4 Å². The van der Waals surface area contributed by atoms with E-state index in [1.807, 2.05) is 20.8 Å². The van der Waals surface area contributed by atoms with Gasteiger partial charge in [0.2, 0.25) is 0 Å². The summed E-state index contributed by atoms with van der Waals surface area (Å²) in [4.78, 5) is 21.6. The average molecular weight is 382 g/mol. The molecule has 0 spiro atoms. The highest BCUT2D eigenvalue weighted by atomic mass is 16.6. The van der Waals surface area contributed by atoms with Crippen molar-refractivity contribution in [2.75, 3.05) is 45.8 Å². The van der Waals surface area contributed by atoms with Crippen LogP contribution in [0.1, 0.15) is 53.9 Å². The number of carbonyl (C=O) groups excluding carboxylic acids is 1. The molecule has 7 heteroatoms. The summed E-state index contributed by atoms with van der Waals surface area (Å²) in [6, 6.07) is 0.104. The highest BCUT2D eigenvalue weighted by Gasteiger charge is 2.27. The maximum absolute atomic E-state index is 12.0. The monoisotopic (exact) mass is 381 g/mol. The molecule has 1 amide bonds. The molecule has 0 aliphatic carbocycles. The van der Waals surface area contributed by atoms with E-state index in [0.29, 0.717) is 0 Å². The molecule has 0 saturated carbocycles. The zero-order valence-corrected chi connectivity index (χ0v) is 17.9. The predicted molar refractivity (Wildman–Crippen MR) is 110 cm³/mol. The SMILES string of the molecule is CCNC(=NCCN1CCC(C)CC1)N1CCC(NC(=O)OC(C)(C)C)C1. The smallest absolute Gasteiger partial charge is 0.407 e. The zero-order chi connectivity index (χ0) is 19.9. The van der Waals surface area contributed by atoms with Gasteiger partial charge in [0.05, 0.1) is 12.6 Å². The molecule has 0 radical (unpaired) electrons. The minimum Gasteiger partial charge on any atom is -0.444 e. The zero-order valence-electron chi connectivity index (χ0n) is 17.9. The Morgan fingerprint density at radius 2 is 1.89 bits per heavy atom. The van der Waals surface area contributed by atoms with Gasteiger partial charge in [-0.3, -0.25) is 4.99 Å². The lowest BCUT2D eigenvalue weighted by atomic mass is 9.99. The molecular formula is C20H39N5O2. The number of likely N-dealkylation sites (tertiary alicyclic amines) is 2. The van der Waals surface area contributed by atoms with E-state index in [1.54, 1.807) is 0 Å². The highest BCUT2D eigenvalue weighted by molar-refractivity contribution is 5.80. The summed E-state index contributed by atoms with van der Waals surface area (Å²) in [7, 11) is 0. The Bertz CT molecular complexity index is 495. The number of rotatable bonds is 5. The number of ether oxygens (including phenoxy) is 1. The van der Waals surface area contributed by atoms with Gasteiger partial charge >= 0.3 is 6.09 Å². The molecule has 156 valence electrons. The highest BCUT2D eigenvalue weighted by Crippen LogP contribution is 2.15. The Balaban J connectivity index is 1.79. The Kier molecular flexibility index (Phi) is 8.20. The molecule has 0 bridgehead atoms. The molecule has 2 saturated heterocycles. The summed E-state index contributed by atoms with van der Waals surface area (Å²) in [5.74, 6) is 1.82. The minimum absolute atomic E-state index is 0.104. The summed E-state index contributed by atoms with van der Waals surface area (Å²) in [6.45, 7) is 16.8. The van der Waals surface area contributed by atoms with Crippen LogP contribution in [0.2, 0.25) is 0 Å². The van der Waals surface area contributed by atoms with Gasteiger partial charge in [-0.1, -0.05) is 6.92 Å². The summed E-state index contributed by atoms with van der Waals surface area (Å²) < 4.78 is 5.36. The van der Waals surface area contributed by atoms with Crippen LogP contribution >= 0.6 is 0 Å². The summed E-state index contributed by atoms with van der Waals surface area (Å²) in [5.41, 5.74) is -0.467. The van der Waals surface area contributed by atoms with Gasteiger partial charge in [-0.05, 0) is 66.0 Å². The average Bonchev–Trinajstić information content (AvgIpc) is 3.02. The van der Waals surface area contributed by atoms with Gasteiger partial charge in [0.15, 0.2) is 5.96 Å². The fraction of sp³-hybridized carbons (Fsp3) is 0.900. The Labute approximate surface area is 164 Å². The van der Waals surface area contributed by atoms with Gasteiger partial charge in [0, 0.05) is 26.2 Å². The van der Waals surface area contributed by atoms with Crippen molar-refractivity contribution >= 4 is 12.1 Å². The number of hydrogen-bond acceptors (Lipinski definition) is 4. The van der Waals surface area contributed by atoms with Crippen molar-refractivity contribution < 1.29 is 9.53 Å². The van der Waals surface area contributed by atoms with Gasteiger partial charge < -0.3 is 25.2 Å². The van der Waals surface area contributed by atoms with Crippen LogP contribution in [-0.2, 0) is 4.74 Å². The van der Waals surface area contributed by atoms with E-state index in [9.17, 15) is 4.79 Å². The molecule has 2 fully saturated rings. The fourth-order valence-electron chi connectivity index (χ4n) is 3.55. The molecule has 2 N–H and O–H groups in total. The van der Waals surface area contributed by atoms with Crippen molar-refractivity contribution in [1.29, 1.82) is 0 Å². The van der Waals surface area contributed by atoms with Crippen LogP contribution in [0.15, 0.2) is 4.99 Å². The van der Waals surface area contributed by atoms with Gasteiger partial charge in [0.25, 0.3) is 0 Å². The van der Waals surface area contributed by atoms with E-state index in [1.165, 1.54) is 25.9 Å². The van der Waals surface area contributed by atoms with E-state index in [-0.39, 0.29) is 12.1 Å². The number of hydrogen-bond donors (Lipinski definition) is 2. The van der Waals surface area contributed by atoms with Gasteiger partial charge in [-0.25, -0.2) is 4.79 Å². The number of alkyl carbamates (subject to hydrolysis) is 1. The number of piperidine rings is 1. The standard InChI is InChI=1S/C20H39N5O2/c1-6-21-18(22-10-14-24-11-7-16(2)8-12-24)25-13-9-17(15-25)23-19(26)27-20(3,4)5/h16-17H,6-15H2,1-5H3,(H,21,22)(H,23,26). The fourth-order valence-corrected chi connectivity index (χ4v) is 3.55. The van der Waals surface area contributed by atoms with Crippen molar-refractivity contribution in [3.8, 4) is 0 Å². The molecule has 1 atom stereocenters. The van der Waals surface area contributed by atoms with Crippen LogP contribution in [0.25, 0.3) is 0 Å². The maximum Gasteiger partial charge on any atom is 0.407 e. The quantitative estimate of drug-likeness (QED) is 0.565. The number of nitrogens with one attached hydrogen (secondary N) is 2. The molecule has 2 aliphatic heterocycles. The second kappa shape index (κ2) is 10.2. The molecular weight excluding hydrogens is 342 g/mol. The Morgan fingerprint density at radius 3 is 2.52 bits per heavy atom. The molecule has 0 aromatic carbocycles. The van der Waals surface area contributed by atoms with Crippen LogP contribution in [-0.4, -0.2) is 79.3 Å². The number of carbonyl (C=O) groups is 1. The van der Waals surface area contributed by atoms with Crippen molar-refractivity contribution in [3.05, 3.63) is 0 Å². The first-order chi connectivity index (χ1) is 12.8. The summed E-state index contributed by atoms with van der Waals surface area (Å²) in [5, 5.41) is 6.38. The van der Waals surface area contributed by atoms with Crippen LogP contribution in [0, 0.1) is 5.92 Å². The second-order valence-electron chi connectivity index (χ2n) is 8.84. The first-order valence-corrected chi connectivity index (χ1v) is 10.5. The van der Waals surface area contributed by atoms with Gasteiger partial charge in [0.1, 0.15) is 5.60 Å².